The highest BCUT2D eigenvalue weighted by Crippen LogP contribution is 2.30. The Labute approximate surface area is 94.4 Å². The third kappa shape index (κ3) is 2.54. The Hall–Kier alpha value is -0.0800. The van der Waals surface area contributed by atoms with Crippen LogP contribution in [0.4, 0.5) is 0 Å². The summed E-state index contributed by atoms with van der Waals surface area (Å²) in [6.45, 7) is 10.8. The van der Waals surface area contributed by atoms with Crippen LogP contribution in [0.3, 0.4) is 0 Å². The molecule has 15 heavy (non-hydrogen) atoms. The van der Waals surface area contributed by atoms with Crippen molar-refractivity contribution in [2.75, 3.05) is 19.6 Å². The molecule has 2 fully saturated rings. The molecule has 2 rings (SSSR count). The maximum atomic E-state index is 3.65. The summed E-state index contributed by atoms with van der Waals surface area (Å²) in [5, 5.41) is 3.65. The first-order valence-corrected chi connectivity index (χ1v) is 6.66. The smallest absolute Gasteiger partial charge is 0.0218 e. The quantitative estimate of drug-likeness (QED) is 0.751. The molecule has 1 aliphatic heterocycles. The Balaban J connectivity index is 1.92. The fourth-order valence-electron chi connectivity index (χ4n) is 3.22. The number of rotatable bonds is 2. The molecule has 3 unspecified atom stereocenters. The molecule has 1 saturated heterocycles. The molecule has 1 N–H and O–H groups in total. The molecule has 88 valence electrons. The second-order valence-corrected chi connectivity index (χ2v) is 5.78. The Bertz CT molecular complexity index is 203. The average Bonchev–Trinajstić information content (AvgIpc) is 2.64. The lowest BCUT2D eigenvalue weighted by atomic mass is 9.98. The van der Waals surface area contributed by atoms with Gasteiger partial charge in [-0.1, -0.05) is 27.2 Å². The zero-order valence-corrected chi connectivity index (χ0v) is 10.5. The van der Waals surface area contributed by atoms with Crippen LogP contribution in [-0.2, 0) is 0 Å². The summed E-state index contributed by atoms with van der Waals surface area (Å²) in [4.78, 5) is 2.75. The minimum Gasteiger partial charge on any atom is -0.311 e. The van der Waals surface area contributed by atoms with E-state index in [1.165, 1.54) is 38.9 Å². The monoisotopic (exact) mass is 210 g/mol. The fraction of sp³-hybridized carbons (Fsp3) is 1.00. The highest BCUT2D eigenvalue weighted by Gasteiger charge is 2.32. The molecule has 0 amide bonds. The van der Waals surface area contributed by atoms with Crippen LogP contribution in [0.25, 0.3) is 0 Å². The van der Waals surface area contributed by atoms with Crippen LogP contribution in [0.15, 0.2) is 0 Å². The van der Waals surface area contributed by atoms with E-state index in [9.17, 15) is 0 Å². The van der Waals surface area contributed by atoms with E-state index in [4.69, 9.17) is 0 Å². The minimum absolute atomic E-state index is 0.714. The van der Waals surface area contributed by atoms with Gasteiger partial charge < -0.3 is 5.32 Å². The van der Waals surface area contributed by atoms with Gasteiger partial charge in [-0.15, -0.1) is 0 Å². The lowest BCUT2D eigenvalue weighted by Gasteiger charge is -2.40. The van der Waals surface area contributed by atoms with Gasteiger partial charge >= 0.3 is 0 Å². The van der Waals surface area contributed by atoms with Gasteiger partial charge in [0.25, 0.3) is 0 Å². The molecule has 0 aromatic heterocycles. The van der Waals surface area contributed by atoms with Crippen LogP contribution >= 0.6 is 0 Å². The molecule has 2 aliphatic rings. The van der Waals surface area contributed by atoms with Crippen LogP contribution in [0, 0.1) is 11.8 Å². The van der Waals surface area contributed by atoms with Gasteiger partial charge in [0.1, 0.15) is 0 Å². The van der Waals surface area contributed by atoms with Crippen molar-refractivity contribution in [1.82, 2.24) is 10.2 Å². The number of nitrogens with one attached hydrogen (secondary N) is 1. The molecule has 1 saturated carbocycles. The SMILES string of the molecule is CC(C)C1CN(C2CCCC2C)CCN1. The van der Waals surface area contributed by atoms with Crippen LogP contribution in [0.5, 0.6) is 0 Å². The molecular formula is C13H26N2. The summed E-state index contributed by atoms with van der Waals surface area (Å²) < 4.78 is 0. The zero-order chi connectivity index (χ0) is 10.8. The van der Waals surface area contributed by atoms with Gasteiger partial charge in [0, 0.05) is 31.7 Å². The fourth-order valence-corrected chi connectivity index (χ4v) is 3.22. The van der Waals surface area contributed by atoms with E-state index >= 15 is 0 Å². The second kappa shape index (κ2) is 4.84. The Morgan fingerprint density at radius 1 is 1.27 bits per heavy atom. The summed E-state index contributed by atoms with van der Waals surface area (Å²) >= 11 is 0. The first-order valence-electron chi connectivity index (χ1n) is 6.66. The van der Waals surface area contributed by atoms with Crippen molar-refractivity contribution in [3.63, 3.8) is 0 Å². The maximum Gasteiger partial charge on any atom is 0.0218 e. The molecule has 0 aromatic carbocycles. The van der Waals surface area contributed by atoms with Gasteiger partial charge in [-0.2, -0.15) is 0 Å². The van der Waals surface area contributed by atoms with E-state index in [1.54, 1.807) is 0 Å². The van der Waals surface area contributed by atoms with Gasteiger partial charge in [-0.3, -0.25) is 4.90 Å². The summed E-state index contributed by atoms with van der Waals surface area (Å²) in [6, 6.07) is 1.60. The topological polar surface area (TPSA) is 15.3 Å². The van der Waals surface area contributed by atoms with Gasteiger partial charge in [0.15, 0.2) is 0 Å². The van der Waals surface area contributed by atoms with Crippen LogP contribution in [0.2, 0.25) is 0 Å². The normalized spacial score (nSPS) is 38.8. The third-order valence-electron chi connectivity index (χ3n) is 4.33. The number of hydrogen-bond donors (Lipinski definition) is 1. The van der Waals surface area contributed by atoms with Crippen molar-refractivity contribution < 1.29 is 0 Å². The average molecular weight is 210 g/mol. The van der Waals surface area contributed by atoms with Gasteiger partial charge in [0.05, 0.1) is 0 Å². The largest absolute Gasteiger partial charge is 0.311 e. The van der Waals surface area contributed by atoms with E-state index in [2.05, 4.69) is 31.0 Å². The molecule has 1 aliphatic carbocycles. The third-order valence-corrected chi connectivity index (χ3v) is 4.33. The van der Waals surface area contributed by atoms with Gasteiger partial charge in [-0.05, 0) is 24.7 Å². The molecule has 2 heteroatoms. The molecule has 1 heterocycles. The zero-order valence-electron chi connectivity index (χ0n) is 10.5. The maximum absolute atomic E-state index is 3.65. The van der Waals surface area contributed by atoms with Crippen molar-refractivity contribution in [3.05, 3.63) is 0 Å². The summed E-state index contributed by atoms with van der Waals surface area (Å²) in [5.74, 6) is 1.69. The predicted molar refractivity (Wildman–Crippen MR) is 65.0 cm³/mol. The van der Waals surface area contributed by atoms with Crippen molar-refractivity contribution in [3.8, 4) is 0 Å². The lowest BCUT2D eigenvalue weighted by molar-refractivity contribution is 0.108. The standard InChI is InChI=1S/C13H26N2/c1-10(2)12-9-15(8-7-14-12)13-6-4-5-11(13)3/h10-14H,4-9H2,1-3H3. The van der Waals surface area contributed by atoms with Gasteiger partial charge in [0.2, 0.25) is 0 Å². The highest BCUT2D eigenvalue weighted by atomic mass is 15.2. The van der Waals surface area contributed by atoms with E-state index in [-0.39, 0.29) is 0 Å². The highest BCUT2D eigenvalue weighted by molar-refractivity contribution is 4.89. The lowest BCUT2D eigenvalue weighted by Crippen LogP contribution is -2.56. The number of piperazine rings is 1. The van der Waals surface area contributed by atoms with Crippen LogP contribution in [-0.4, -0.2) is 36.6 Å². The van der Waals surface area contributed by atoms with E-state index < -0.39 is 0 Å². The van der Waals surface area contributed by atoms with Crippen molar-refractivity contribution in [1.29, 1.82) is 0 Å². The molecule has 0 radical (unpaired) electrons. The second-order valence-electron chi connectivity index (χ2n) is 5.78. The first kappa shape index (κ1) is 11.4. The molecule has 3 atom stereocenters. The number of nitrogens with zero attached hydrogens (tertiary/aromatic N) is 1. The predicted octanol–water partition coefficient (Wildman–Crippen LogP) is 2.10. The molecular weight excluding hydrogens is 184 g/mol. The van der Waals surface area contributed by atoms with Crippen LogP contribution in [0.1, 0.15) is 40.0 Å². The van der Waals surface area contributed by atoms with Gasteiger partial charge in [-0.25, -0.2) is 0 Å². The van der Waals surface area contributed by atoms with Crippen LogP contribution < -0.4 is 5.32 Å². The summed E-state index contributed by atoms with van der Waals surface area (Å²) in [7, 11) is 0. The molecule has 0 spiro atoms. The van der Waals surface area contributed by atoms with E-state index in [0.717, 1.165) is 17.9 Å². The van der Waals surface area contributed by atoms with Crippen molar-refractivity contribution >= 4 is 0 Å². The first-order chi connectivity index (χ1) is 7.18. The Morgan fingerprint density at radius 3 is 2.67 bits per heavy atom. The molecule has 2 nitrogen and oxygen atoms in total. The van der Waals surface area contributed by atoms with Crippen molar-refractivity contribution in [2.45, 2.75) is 52.1 Å². The summed E-state index contributed by atoms with van der Waals surface area (Å²) in [5.41, 5.74) is 0. The summed E-state index contributed by atoms with van der Waals surface area (Å²) in [6.07, 6.45) is 4.33. The Kier molecular flexibility index (Phi) is 3.68. The van der Waals surface area contributed by atoms with E-state index in [1.807, 2.05) is 0 Å². The van der Waals surface area contributed by atoms with E-state index in [0.29, 0.717) is 6.04 Å². The van der Waals surface area contributed by atoms with Crippen molar-refractivity contribution in [2.24, 2.45) is 11.8 Å². The molecule has 0 aromatic rings. The molecule has 0 bridgehead atoms. The Morgan fingerprint density at radius 2 is 2.07 bits per heavy atom. The number of hydrogen-bond acceptors (Lipinski definition) is 2. The minimum atomic E-state index is 0.714.